The average Bonchev–Trinajstić information content (AvgIpc) is 2.56. The lowest BCUT2D eigenvalue weighted by Crippen LogP contribution is -2.38. The van der Waals surface area contributed by atoms with Gasteiger partial charge >= 0.3 is 0 Å². The first-order chi connectivity index (χ1) is 9.86. The van der Waals surface area contributed by atoms with Crippen LogP contribution >= 0.6 is 0 Å². The molecule has 1 N–H and O–H groups in total. The van der Waals surface area contributed by atoms with Crippen LogP contribution < -0.4 is 14.8 Å². The van der Waals surface area contributed by atoms with Gasteiger partial charge in [0.2, 0.25) is 0 Å². The highest BCUT2D eigenvalue weighted by Gasteiger charge is 2.45. The molecule has 0 spiro atoms. The SMILES string of the molecule is CC1(C)CC(Nc2ccc3c(c2)OCCCO3)C(C)(C)O1. The van der Waals surface area contributed by atoms with Gasteiger partial charge in [0.05, 0.1) is 30.5 Å². The van der Waals surface area contributed by atoms with Crippen molar-refractivity contribution in [3.63, 3.8) is 0 Å². The Bertz CT molecular complexity index is 525. The van der Waals surface area contributed by atoms with Crippen molar-refractivity contribution in [1.82, 2.24) is 0 Å². The second kappa shape index (κ2) is 5.09. The minimum Gasteiger partial charge on any atom is -0.490 e. The first kappa shape index (κ1) is 14.5. The first-order valence-corrected chi connectivity index (χ1v) is 7.72. The quantitative estimate of drug-likeness (QED) is 0.903. The number of fused-ring (bicyclic) bond motifs is 1. The van der Waals surface area contributed by atoms with Crippen molar-refractivity contribution in [2.24, 2.45) is 0 Å². The van der Waals surface area contributed by atoms with E-state index in [1.807, 2.05) is 12.1 Å². The molecular formula is C17H25NO3. The number of benzene rings is 1. The van der Waals surface area contributed by atoms with Crippen LogP contribution in [0.3, 0.4) is 0 Å². The molecule has 1 saturated heterocycles. The van der Waals surface area contributed by atoms with Crippen LogP contribution in [0.25, 0.3) is 0 Å². The largest absolute Gasteiger partial charge is 0.490 e. The van der Waals surface area contributed by atoms with Crippen LogP contribution in [-0.2, 0) is 4.74 Å². The minimum atomic E-state index is -0.187. The fourth-order valence-electron chi connectivity index (χ4n) is 3.24. The van der Waals surface area contributed by atoms with Gasteiger partial charge in [-0.3, -0.25) is 0 Å². The average molecular weight is 291 g/mol. The molecule has 3 rings (SSSR count). The van der Waals surface area contributed by atoms with E-state index in [9.17, 15) is 0 Å². The van der Waals surface area contributed by atoms with Crippen molar-refractivity contribution in [2.45, 2.75) is 57.8 Å². The Morgan fingerprint density at radius 2 is 1.76 bits per heavy atom. The lowest BCUT2D eigenvalue weighted by Gasteiger charge is -2.28. The van der Waals surface area contributed by atoms with Crippen molar-refractivity contribution >= 4 is 5.69 Å². The fraction of sp³-hybridized carbons (Fsp3) is 0.647. The van der Waals surface area contributed by atoms with Crippen LogP contribution in [0.5, 0.6) is 11.5 Å². The number of hydrogen-bond acceptors (Lipinski definition) is 4. The molecule has 4 heteroatoms. The summed E-state index contributed by atoms with van der Waals surface area (Å²) in [5, 5.41) is 3.60. The van der Waals surface area contributed by atoms with Gasteiger partial charge < -0.3 is 19.5 Å². The maximum absolute atomic E-state index is 6.14. The van der Waals surface area contributed by atoms with E-state index in [-0.39, 0.29) is 17.2 Å². The Balaban J connectivity index is 1.78. The zero-order valence-corrected chi connectivity index (χ0v) is 13.4. The summed E-state index contributed by atoms with van der Waals surface area (Å²) in [4.78, 5) is 0. The molecule has 116 valence electrons. The third-order valence-electron chi connectivity index (χ3n) is 4.16. The fourth-order valence-corrected chi connectivity index (χ4v) is 3.24. The molecule has 0 bridgehead atoms. The molecular weight excluding hydrogens is 266 g/mol. The summed E-state index contributed by atoms with van der Waals surface area (Å²) >= 11 is 0. The second-order valence-electron chi connectivity index (χ2n) is 7.08. The highest BCUT2D eigenvalue weighted by Crippen LogP contribution is 2.40. The normalized spacial score (nSPS) is 26.2. The van der Waals surface area contributed by atoms with Gasteiger partial charge in [0, 0.05) is 18.2 Å². The van der Waals surface area contributed by atoms with Crippen LogP contribution in [0, 0.1) is 0 Å². The Morgan fingerprint density at radius 1 is 1.05 bits per heavy atom. The molecule has 0 amide bonds. The van der Waals surface area contributed by atoms with Crippen LogP contribution in [0.4, 0.5) is 5.69 Å². The highest BCUT2D eigenvalue weighted by atomic mass is 16.5. The maximum Gasteiger partial charge on any atom is 0.163 e. The summed E-state index contributed by atoms with van der Waals surface area (Å²) in [6.45, 7) is 10.00. The Hall–Kier alpha value is -1.42. The third-order valence-corrected chi connectivity index (χ3v) is 4.16. The summed E-state index contributed by atoms with van der Waals surface area (Å²) in [6, 6.07) is 6.34. The number of rotatable bonds is 2. The summed E-state index contributed by atoms with van der Waals surface area (Å²) in [5.74, 6) is 1.66. The predicted octanol–water partition coefficient (Wildman–Crippen LogP) is 3.61. The molecule has 1 unspecified atom stereocenters. The van der Waals surface area contributed by atoms with E-state index in [4.69, 9.17) is 14.2 Å². The van der Waals surface area contributed by atoms with Gasteiger partial charge in [-0.1, -0.05) is 0 Å². The van der Waals surface area contributed by atoms with Crippen LogP contribution in [0.15, 0.2) is 18.2 Å². The Labute approximate surface area is 126 Å². The predicted molar refractivity (Wildman–Crippen MR) is 83.3 cm³/mol. The standard InChI is InChI=1S/C17H25NO3/c1-16(2)11-15(17(3,4)21-16)18-12-6-7-13-14(10-12)20-9-5-8-19-13/h6-7,10,15,18H,5,8-9,11H2,1-4H3. The zero-order valence-electron chi connectivity index (χ0n) is 13.4. The lowest BCUT2D eigenvalue weighted by atomic mass is 9.94. The van der Waals surface area contributed by atoms with Crippen molar-refractivity contribution in [3.05, 3.63) is 18.2 Å². The van der Waals surface area contributed by atoms with E-state index < -0.39 is 0 Å². The number of hydrogen-bond donors (Lipinski definition) is 1. The maximum atomic E-state index is 6.14. The molecule has 2 aliphatic rings. The summed E-state index contributed by atoms with van der Waals surface area (Å²) in [5.41, 5.74) is 0.777. The van der Waals surface area contributed by atoms with E-state index in [2.05, 4.69) is 39.1 Å². The minimum absolute atomic E-state index is 0.0908. The number of ether oxygens (including phenoxy) is 3. The molecule has 21 heavy (non-hydrogen) atoms. The molecule has 0 aromatic heterocycles. The van der Waals surface area contributed by atoms with Crippen molar-refractivity contribution in [3.8, 4) is 11.5 Å². The van der Waals surface area contributed by atoms with Crippen molar-refractivity contribution < 1.29 is 14.2 Å². The lowest BCUT2D eigenvalue weighted by molar-refractivity contribution is -0.0662. The van der Waals surface area contributed by atoms with Gasteiger partial charge in [-0.2, -0.15) is 0 Å². The summed E-state index contributed by atoms with van der Waals surface area (Å²) in [6.07, 6.45) is 1.91. The Morgan fingerprint density at radius 3 is 2.43 bits per heavy atom. The van der Waals surface area contributed by atoms with E-state index in [0.717, 1.165) is 36.6 Å². The molecule has 0 radical (unpaired) electrons. The smallest absolute Gasteiger partial charge is 0.163 e. The van der Waals surface area contributed by atoms with Gasteiger partial charge in [0.25, 0.3) is 0 Å². The molecule has 1 aromatic rings. The molecule has 0 saturated carbocycles. The van der Waals surface area contributed by atoms with Crippen molar-refractivity contribution in [1.29, 1.82) is 0 Å². The van der Waals surface area contributed by atoms with Crippen LogP contribution in [0.1, 0.15) is 40.5 Å². The third kappa shape index (κ3) is 3.10. The van der Waals surface area contributed by atoms with Gasteiger partial charge in [0.15, 0.2) is 11.5 Å². The number of anilines is 1. The summed E-state index contributed by atoms with van der Waals surface area (Å²) < 4.78 is 17.6. The van der Waals surface area contributed by atoms with E-state index in [1.54, 1.807) is 0 Å². The molecule has 2 heterocycles. The topological polar surface area (TPSA) is 39.7 Å². The second-order valence-corrected chi connectivity index (χ2v) is 7.08. The van der Waals surface area contributed by atoms with Gasteiger partial charge in [0.1, 0.15) is 0 Å². The molecule has 2 aliphatic heterocycles. The van der Waals surface area contributed by atoms with Gasteiger partial charge in [-0.15, -0.1) is 0 Å². The van der Waals surface area contributed by atoms with E-state index in [1.165, 1.54) is 0 Å². The monoisotopic (exact) mass is 291 g/mol. The van der Waals surface area contributed by atoms with Crippen LogP contribution in [0.2, 0.25) is 0 Å². The molecule has 4 nitrogen and oxygen atoms in total. The van der Waals surface area contributed by atoms with E-state index in [0.29, 0.717) is 6.61 Å². The van der Waals surface area contributed by atoms with E-state index >= 15 is 0 Å². The molecule has 1 fully saturated rings. The zero-order chi connectivity index (χ0) is 15.1. The molecule has 1 atom stereocenters. The van der Waals surface area contributed by atoms with Crippen LogP contribution in [-0.4, -0.2) is 30.5 Å². The van der Waals surface area contributed by atoms with Gasteiger partial charge in [-0.25, -0.2) is 0 Å². The number of nitrogens with one attached hydrogen (secondary N) is 1. The molecule has 0 aliphatic carbocycles. The Kier molecular flexibility index (Phi) is 3.52. The summed E-state index contributed by atoms with van der Waals surface area (Å²) in [7, 11) is 0. The molecule has 1 aromatic carbocycles. The van der Waals surface area contributed by atoms with Crippen molar-refractivity contribution in [2.75, 3.05) is 18.5 Å². The van der Waals surface area contributed by atoms with Gasteiger partial charge in [-0.05, 0) is 46.2 Å². The highest BCUT2D eigenvalue weighted by molar-refractivity contribution is 5.55. The first-order valence-electron chi connectivity index (χ1n) is 7.72.